The van der Waals surface area contributed by atoms with Crippen molar-refractivity contribution in [3.05, 3.63) is 24.2 Å². The highest BCUT2D eigenvalue weighted by Gasteiger charge is 2.73. The fourth-order valence-corrected chi connectivity index (χ4v) is 6.03. The van der Waals surface area contributed by atoms with Gasteiger partial charge >= 0.3 is 5.97 Å². The normalized spacial score (nSPS) is 46.0. The lowest BCUT2D eigenvalue weighted by Crippen LogP contribution is -2.66. The summed E-state index contributed by atoms with van der Waals surface area (Å²) in [7, 11) is 0. The number of rotatable bonds is 3. The summed E-state index contributed by atoms with van der Waals surface area (Å²) >= 11 is 0. The molecule has 3 aliphatic rings. The van der Waals surface area contributed by atoms with E-state index in [0.29, 0.717) is 32.1 Å². The topological polar surface area (TPSA) is 76.7 Å². The zero-order valence-corrected chi connectivity index (χ0v) is 15.1. The third kappa shape index (κ3) is 1.99. The fourth-order valence-electron chi connectivity index (χ4n) is 6.03. The zero-order chi connectivity index (χ0) is 18.0. The largest absolute Gasteiger partial charge is 0.472 e. The third-order valence-corrected chi connectivity index (χ3v) is 7.58. The van der Waals surface area contributed by atoms with Gasteiger partial charge in [0.05, 0.1) is 18.1 Å². The summed E-state index contributed by atoms with van der Waals surface area (Å²) in [5.41, 5.74) is -1.52. The molecule has 2 aliphatic carbocycles. The lowest BCUT2D eigenvalue weighted by Gasteiger charge is -2.60. The van der Waals surface area contributed by atoms with Gasteiger partial charge in [0.15, 0.2) is 0 Å². The zero-order valence-electron chi connectivity index (χ0n) is 15.1. The monoisotopic (exact) mass is 346 g/mol. The lowest BCUT2D eigenvalue weighted by atomic mass is 9.43. The van der Waals surface area contributed by atoms with Crippen LogP contribution < -0.4 is 0 Å². The molecule has 0 spiro atoms. The number of ketones is 1. The Morgan fingerprint density at radius 1 is 1.32 bits per heavy atom. The molecular formula is C20H26O5. The summed E-state index contributed by atoms with van der Waals surface area (Å²) < 4.78 is 10.8. The van der Waals surface area contributed by atoms with Gasteiger partial charge in [-0.3, -0.25) is 9.59 Å². The second-order valence-corrected chi connectivity index (χ2v) is 8.66. The van der Waals surface area contributed by atoms with Crippen LogP contribution in [0.25, 0.3) is 0 Å². The van der Waals surface area contributed by atoms with E-state index < -0.39 is 22.4 Å². The average Bonchev–Trinajstić information content (AvgIpc) is 3.16. The Labute approximate surface area is 147 Å². The molecule has 0 bridgehead atoms. The van der Waals surface area contributed by atoms with Crippen molar-refractivity contribution in [2.75, 3.05) is 0 Å². The van der Waals surface area contributed by atoms with Crippen molar-refractivity contribution >= 4 is 11.8 Å². The van der Waals surface area contributed by atoms with E-state index in [-0.39, 0.29) is 23.7 Å². The molecule has 1 N–H and O–H groups in total. The molecule has 4 rings (SSSR count). The maximum absolute atomic E-state index is 12.6. The molecule has 136 valence electrons. The van der Waals surface area contributed by atoms with Crippen LogP contribution in [0.3, 0.4) is 0 Å². The van der Waals surface area contributed by atoms with Gasteiger partial charge in [0.1, 0.15) is 17.3 Å². The van der Waals surface area contributed by atoms with Gasteiger partial charge in [0.25, 0.3) is 0 Å². The van der Waals surface area contributed by atoms with Crippen LogP contribution in [0.4, 0.5) is 0 Å². The van der Waals surface area contributed by atoms with Crippen molar-refractivity contribution in [1.82, 2.24) is 0 Å². The molecule has 5 heteroatoms. The van der Waals surface area contributed by atoms with Gasteiger partial charge in [-0.1, -0.05) is 13.8 Å². The van der Waals surface area contributed by atoms with Gasteiger partial charge < -0.3 is 14.3 Å². The van der Waals surface area contributed by atoms with Gasteiger partial charge in [-0.05, 0) is 50.2 Å². The van der Waals surface area contributed by atoms with E-state index in [1.165, 1.54) is 0 Å². The molecule has 25 heavy (non-hydrogen) atoms. The molecule has 1 aliphatic heterocycles. The molecule has 0 aromatic carbocycles. The first-order chi connectivity index (χ1) is 11.7. The summed E-state index contributed by atoms with van der Waals surface area (Å²) in [6, 6.07) is 1.92. The summed E-state index contributed by atoms with van der Waals surface area (Å²) in [5.74, 6) is -0.688. The number of hydrogen-bond acceptors (Lipinski definition) is 5. The van der Waals surface area contributed by atoms with Crippen molar-refractivity contribution in [2.24, 2.45) is 22.7 Å². The minimum absolute atomic E-state index is 0.00555. The molecule has 1 saturated heterocycles. The van der Waals surface area contributed by atoms with Crippen LogP contribution in [0.1, 0.15) is 52.0 Å². The van der Waals surface area contributed by atoms with Crippen LogP contribution in [0.5, 0.6) is 0 Å². The Kier molecular flexibility index (Phi) is 3.50. The quantitative estimate of drug-likeness (QED) is 0.673. The summed E-state index contributed by atoms with van der Waals surface area (Å²) in [5, 5.41) is 11.8. The standard InChI is InChI=1S/C20H26O5/c1-12-10-14-16-18(2,7-5-15(21)19(16,3)17(22)25-14)20(12,23)8-4-13-6-9-24-11-13/h6,9,11-12,14,16,23H,4-5,7-8,10H2,1-3H3/t12-,14+,16+,18-,19+,20-/m0/s1. The Balaban J connectivity index is 1.74. The van der Waals surface area contributed by atoms with Crippen LogP contribution >= 0.6 is 0 Å². The Bertz CT molecular complexity index is 710. The van der Waals surface area contributed by atoms with E-state index in [2.05, 4.69) is 6.92 Å². The Hall–Kier alpha value is -1.62. The van der Waals surface area contributed by atoms with Gasteiger partial charge in [0.2, 0.25) is 0 Å². The molecule has 2 saturated carbocycles. The fraction of sp³-hybridized carbons (Fsp3) is 0.700. The van der Waals surface area contributed by atoms with E-state index in [4.69, 9.17) is 9.15 Å². The SMILES string of the molecule is C[C@H]1C[C@H]2OC(=O)[C@]3(C)C(=O)CC[C@@](C)([C@@H]23)[C@]1(O)CCc1ccoc1. The predicted molar refractivity (Wildman–Crippen MR) is 89.6 cm³/mol. The number of aliphatic hydroxyl groups is 1. The number of hydrogen-bond donors (Lipinski definition) is 1. The third-order valence-electron chi connectivity index (χ3n) is 7.58. The van der Waals surface area contributed by atoms with Crippen molar-refractivity contribution in [3.8, 4) is 0 Å². The van der Waals surface area contributed by atoms with Crippen molar-refractivity contribution in [3.63, 3.8) is 0 Å². The second kappa shape index (κ2) is 5.19. The summed E-state index contributed by atoms with van der Waals surface area (Å²) in [6.07, 6.45) is 5.92. The van der Waals surface area contributed by atoms with E-state index in [9.17, 15) is 14.7 Å². The maximum atomic E-state index is 12.6. The van der Waals surface area contributed by atoms with Crippen molar-refractivity contribution in [1.29, 1.82) is 0 Å². The van der Waals surface area contributed by atoms with Crippen molar-refractivity contribution in [2.45, 2.75) is 64.6 Å². The number of carbonyl (C=O) groups is 2. The minimum Gasteiger partial charge on any atom is -0.472 e. The van der Waals surface area contributed by atoms with Gasteiger partial charge in [0, 0.05) is 17.8 Å². The summed E-state index contributed by atoms with van der Waals surface area (Å²) in [6.45, 7) is 5.82. The summed E-state index contributed by atoms with van der Waals surface area (Å²) in [4.78, 5) is 25.2. The highest BCUT2D eigenvalue weighted by molar-refractivity contribution is 6.06. The molecule has 0 radical (unpaired) electrons. The maximum Gasteiger partial charge on any atom is 0.320 e. The van der Waals surface area contributed by atoms with Gasteiger partial charge in [-0.15, -0.1) is 0 Å². The molecule has 2 heterocycles. The first-order valence-corrected chi connectivity index (χ1v) is 9.21. The highest BCUT2D eigenvalue weighted by Crippen LogP contribution is 2.66. The first-order valence-electron chi connectivity index (χ1n) is 9.21. The van der Waals surface area contributed by atoms with Gasteiger partial charge in [-0.2, -0.15) is 0 Å². The number of ether oxygens (including phenoxy) is 1. The van der Waals surface area contributed by atoms with E-state index in [1.54, 1.807) is 19.5 Å². The minimum atomic E-state index is -1.11. The number of carbonyl (C=O) groups excluding carboxylic acids is 2. The molecule has 0 amide bonds. The first kappa shape index (κ1) is 16.8. The Morgan fingerprint density at radius 3 is 2.76 bits per heavy atom. The van der Waals surface area contributed by atoms with Gasteiger partial charge in [-0.25, -0.2) is 0 Å². The average molecular weight is 346 g/mol. The number of furan rings is 1. The molecule has 6 atom stereocenters. The molecular weight excluding hydrogens is 320 g/mol. The van der Waals surface area contributed by atoms with E-state index in [1.807, 2.05) is 13.0 Å². The predicted octanol–water partition coefficient (Wildman–Crippen LogP) is 2.90. The molecule has 1 aromatic heterocycles. The molecule has 1 aromatic rings. The molecule has 5 nitrogen and oxygen atoms in total. The number of Topliss-reactive ketones (excluding diaryl/α,β-unsaturated/α-hetero) is 1. The number of esters is 1. The lowest BCUT2D eigenvalue weighted by molar-refractivity contribution is -0.215. The van der Waals surface area contributed by atoms with E-state index in [0.717, 1.165) is 5.56 Å². The molecule has 3 fully saturated rings. The van der Waals surface area contributed by atoms with E-state index >= 15 is 0 Å². The second-order valence-electron chi connectivity index (χ2n) is 8.66. The number of aryl methyl sites for hydroxylation is 1. The highest BCUT2D eigenvalue weighted by atomic mass is 16.6. The van der Waals surface area contributed by atoms with Crippen LogP contribution in [0.15, 0.2) is 23.0 Å². The smallest absolute Gasteiger partial charge is 0.320 e. The Morgan fingerprint density at radius 2 is 2.08 bits per heavy atom. The van der Waals surface area contributed by atoms with Crippen LogP contribution in [0, 0.1) is 22.7 Å². The van der Waals surface area contributed by atoms with Crippen LogP contribution in [-0.2, 0) is 20.7 Å². The van der Waals surface area contributed by atoms with Crippen molar-refractivity contribution < 1.29 is 23.8 Å². The van der Waals surface area contributed by atoms with Crippen LogP contribution in [-0.4, -0.2) is 28.6 Å². The van der Waals surface area contributed by atoms with Crippen LogP contribution in [0.2, 0.25) is 0 Å². The molecule has 0 unspecified atom stereocenters.